The zero-order valence-electron chi connectivity index (χ0n) is 14.4. The van der Waals surface area contributed by atoms with E-state index in [9.17, 15) is 33.3 Å². The van der Waals surface area contributed by atoms with Gasteiger partial charge in [0.1, 0.15) is 18.3 Å². The molecule has 0 saturated carbocycles. The largest absolute Gasteiger partial charge is 0.478 e. The second-order valence-electron chi connectivity index (χ2n) is 5.89. The molecule has 5 atom stereocenters. The predicted octanol–water partition coefficient (Wildman–Crippen LogP) is -2.51. The number of carbonyl (C=O) groups excluding carboxylic acids is 1. The van der Waals surface area contributed by atoms with E-state index in [0.29, 0.717) is 0 Å². The SMILES string of the molecule is CC(=O)N[C@H]1[C@H]([C@H](O)C(O)CO)OC(C(=O)O)=C[C@@H]1NS(=O)(=O)CCCCl. The maximum absolute atomic E-state index is 12.2. The Balaban J connectivity index is 3.28. The van der Waals surface area contributed by atoms with Crippen molar-refractivity contribution < 1.29 is 43.2 Å². The number of halogens is 1. The molecule has 1 aliphatic heterocycles. The fraction of sp³-hybridized carbons (Fsp3) is 0.714. The maximum atomic E-state index is 12.2. The summed E-state index contributed by atoms with van der Waals surface area (Å²) in [4.78, 5) is 22.8. The van der Waals surface area contributed by atoms with Gasteiger partial charge in [-0.05, 0) is 12.5 Å². The van der Waals surface area contributed by atoms with Gasteiger partial charge in [-0.1, -0.05) is 0 Å². The van der Waals surface area contributed by atoms with Crippen LogP contribution in [0.5, 0.6) is 0 Å². The average molecular weight is 431 g/mol. The van der Waals surface area contributed by atoms with E-state index < -0.39 is 64.7 Å². The number of carboxylic acid groups (broad SMARTS) is 1. The summed E-state index contributed by atoms with van der Waals surface area (Å²) in [6.45, 7) is 0.257. The van der Waals surface area contributed by atoms with Gasteiger partial charge in [0, 0.05) is 12.8 Å². The molecule has 0 fully saturated rings. The first-order chi connectivity index (χ1) is 12.5. The maximum Gasteiger partial charge on any atom is 0.370 e. The molecule has 0 saturated heterocycles. The van der Waals surface area contributed by atoms with E-state index in [1.807, 2.05) is 0 Å². The van der Waals surface area contributed by atoms with E-state index in [2.05, 4.69) is 10.0 Å². The van der Waals surface area contributed by atoms with Crippen molar-refractivity contribution in [2.75, 3.05) is 18.2 Å². The Morgan fingerprint density at radius 2 is 2.00 bits per heavy atom. The molecular weight excluding hydrogens is 408 g/mol. The number of aliphatic hydroxyl groups is 3. The van der Waals surface area contributed by atoms with Crippen LogP contribution in [0, 0.1) is 0 Å². The first-order valence-electron chi connectivity index (χ1n) is 7.94. The summed E-state index contributed by atoms with van der Waals surface area (Å²) in [6, 6.07) is -2.55. The lowest BCUT2D eigenvalue weighted by atomic mass is 9.92. The molecule has 1 amide bonds. The standard InChI is InChI=1S/C14H23ClN2O9S/c1-7(19)16-11-8(17-27(24,25)4-2-3-15)5-10(14(22)23)26-13(11)12(21)9(20)6-18/h5,8-9,11-13,17-18,20-21H,2-4,6H2,1H3,(H,16,19)(H,22,23)/t8-,9?,11+,12+,13+/m0/s1. The number of alkyl halides is 1. The first-order valence-corrected chi connectivity index (χ1v) is 10.1. The highest BCUT2D eigenvalue weighted by Crippen LogP contribution is 2.23. The number of hydrogen-bond donors (Lipinski definition) is 6. The fourth-order valence-corrected chi connectivity index (χ4v) is 4.05. The van der Waals surface area contributed by atoms with Crippen molar-refractivity contribution in [2.45, 2.75) is 43.7 Å². The number of amides is 1. The van der Waals surface area contributed by atoms with Crippen LogP contribution in [0.4, 0.5) is 0 Å². The number of ether oxygens (including phenoxy) is 1. The lowest BCUT2D eigenvalue weighted by Gasteiger charge is -2.39. The van der Waals surface area contributed by atoms with Gasteiger partial charge in [0.25, 0.3) is 0 Å². The molecule has 13 heteroatoms. The minimum Gasteiger partial charge on any atom is -0.478 e. The molecule has 11 nitrogen and oxygen atoms in total. The summed E-state index contributed by atoms with van der Waals surface area (Å²) < 4.78 is 31.7. The summed E-state index contributed by atoms with van der Waals surface area (Å²) in [5.74, 6) is -3.10. The predicted molar refractivity (Wildman–Crippen MR) is 93.3 cm³/mol. The van der Waals surface area contributed by atoms with Crippen molar-refractivity contribution in [3.8, 4) is 0 Å². The Bertz CT molecular complexity index is 669. The average Bonchev–Trinajstić information content (AvgIpc) is 2.59. The van der Waals surface area contributed by atoms with E-state index in [1.54, 1.807) is 0 Å². The lowest BCUT2D eigenvalue weighted by molar-refractivity contribution is -0.146. The van der Waals surface area contributed by atoms with Gasteiger partial charge in [-0.3, -0.25) is 4.79 Å². The van der Waals surface area contributed by atoms with Crippen LogP contribution in [0.15, 0.2) is 11.8 Å². The van der Waals surface area contributed by atoms with Crippen LogP contribution in [0.25, 0.3) is 0 Å². The summed E-state index contributed by atoms with van der Waals surface area (Å²) in [7, 11) is -3.91. The third-order valence-corrected chi connectivity index (χ3v) is 5.42. The van der Waals surface area contributed by atoms with Crippen LogP contribution >= 0.6 is 11.6 Å². The van der Waals surface area contributed by atoms with Crippen molar-refractivity contribution in [1.29, 1.82) is 0 Å². The minimum atomic E-state index is -3.91. The molecule has 0 aromatic carbocycles. The van der Waals surface area contributed by atoms with Crippen molar-refractivity contribution in [3.63, 3.8) is 0 Å². The van der Waals surface area contributed by atoms with Crippen LogP contribution in [0.2, 0.25) is 0 Å². The first kappa shape index (κ1) is 23.6. The third-order valence-electron chi connectivity index (χ3n) is 3.70. The smallest absolute Gasteiger partial charge is 0.370 e. The van der Waals surface area contributed by atoms with Crippen molar-refractivity contribution in [2.24, 2.45) is 0 Å². The number of carbonyl (C=O) groups is 2. The highest BCUT2D eigenvalue weighted by atomic mass is 35.5. The minimum absolute atomic E-state index is 0.0874. The van der Waals surface area contributed by atoms with E-state index in [0.717, 1.165) is 13.0 Å². The normalized spacial score (nSPS) is 25.1. The quantitative estimate of drug-likeness (QED) is 0.204. The van der Waals surface area contributed by atoms with E-state index in [1.165, 1.54) is 0 Å². The molecule has 0 radical (unpaired) electrons. The second-order valence-corrected chi connectivity index (χ2v) is 8.14. The van der Waals surface area contributed by atoms with Crippen molar-refractivity contribution >= 4 is 33.5 Å². The molecule has 0 aromatic rings. The molecule has 1 rings (SSSR count). The van der Waals surface area contributed by atoms with Gasteiger partial charge in [-0.2, -0.15) is 0 Å². The molecule has 0 spiro atoms. The Kier molecular flexibility index (Phi) is 8.91. The number of rotatable bonds is 10. The molecule has 1 unspecified atom stereocenters. The molecule has 156 valence electrons. The zero-order valence-corrected chi connectivity index (χ0v) is 16.0. The highest BCUT2D eigenvalue weighted by Gasteiger charge is 2.44. The molecule has 0 aromatic heterocycles. The van der Waals surface area contributed by atoms with Crippen molar-refractivity contribution in [1.82, 2.24) is 10.0 Å². The summed E-state index contributed by atoms with van der Waals surface area (Å²) in [6.07, 6.45) is -4.00. The number of aliphatic hydroxyl groups excluding tert-OH is 3. The van der Waals surface area contributed by atoms with E-state index in [4.69, 9.17) is 21.4 Å². The van der Waals surface area contributed by atoms with Gasteiger partial charge >= 0.3 is 5.97 Å². The molecule has 27 heavy (non-hydrogen) atoms. The topological polar surface area (TPSA) is 182 Å². The highest BCUT2D eigenvalue weighted by molar-refractivity contribution is 7.89. The molecule has 6 N–H and O–H groups in total. The molecule has 1 heterocycles. The number of sulfonamides is 1. The van der Waals surface area contributed by atoms with E-state index in [-0.39, 0.29) is 18.1 Å². The molecular formula is C14H23ClN2O9S. The Morgan fingerprint density at radius 1 is 1.37 bits per heavy atom. The molecule has 1 aliphatic rings. The summed E-state index contributed by atoms with van der Waals surface area (Å²) in [5, 5.41) is 40.4. The van der Waals surface area contributed by atoms with Crippen molar-refractivity contribution in [3.05, 3.63) is 11.8 Å². The number of aliphatic carboxylic acids is 1. The molecule has 0 aliphatic carbocycles. The molecule has 0 bridgehead atoms. The van der Waals surface area contributed by atoms with Crippen LogP contribution in [-0.4, -0.2) is 89.4 Å². The Labute approximate surface area is 161 Å². The monoisotopic (exact) mass is 430 g/mol. The van der Waals surface area contributed by atoms with Gasteiger partial charge < -0.3 is 30.5 Å². The fourth-order valence-electron chi connectivity index (χ4n) is 2.49. The van der Waals surface area contributed by atoms with E-state index >= 15 is 0 Å². The van der Waals surface area contributed by atoms with Crippen LogP contribution in [0.1, 0.15) is 13.3 Å². The Hall–Kier alpha value is -1.44. The van der Waals surface area contributed by atoms with Gasteiger partial charge in [-0.25, -0.2) is 17.9 Å². The second kappa shape index (κ2) is 10.2. The summed E-state index contributed by atoms with van der Waals surface area (Å²) in [5.41, 5.74) is 0. The van der Waals surface area contributed by atoms with Crippen LogP contribution in [-0.2, 0) is 24.3 Å². The Morgan fingerprint density at radius 3 is 2.48 bits per heavy atom. The van der Waals surface area contributed by atoms with Gasteiger partial charge in [0.15, 0.2) is 0 Å². The zero-order chi connectivity index (χ0) is 20.8. The van der Waals surface area contributed by atoms with Crippen LogP contribution < -0.4 is 10.0 Å². The van der Waals surface area contributed by atoms with Crippen LogP contribution in [0.3, 0.4) is 0 Å². The number of carboxylic acids is 1. The number of hydrogen-bond acceptors (Lipinski definition) is 8. The lowest BCUT2D eigenvalue weighted by Crippen LogP contribution is -2.63. The van der Waals surface area contributed by atoms with Gasteiger partial charge in [0.2, 0.25) is 21.7 Å². The third kappa shape index (κ3) is 6.90. The summed E-state index contributed by atoms with van der Waals surface area (Å²) >= 11 is 5.48. The number of nitrogens with one attached hydrogen (secondary N) is 2. The van der Waals surface area contributed by atoms with Gasteiger partial charge in [0.05, 0.1) is 24.4 Å². The van der Waals surface area contributed by atoms with Gasteiger partial charge in [-0.15, -0.1) is 11.6 Å².